The van der Waals surface area contributed by atoms with Crippen molar-refractivity contribution in [3.8, 4) is 11.8 Å². The fourth-order valence-electron chi connectivity index (χ4n) is 2.09. The second-order valence-electron chi connectivity index (χ2n) is 5.16. The van der Waals surface area contributed by atoms with Gasteiger partial charge in [-0.15, -0.1) is 0 Å². The maximum atomic E-state index is 12.6. The van der Waals surface area contributed by atoms with Crippen LogP contribution in [0.2, 0.25) is 10.0 Å². The van der Waals surface area contributed by atoms with E-state index in [1.807, 2.05) is 6.07 Å². The van der Waals surface area contributed by atoms with Crippen molar-refractivity contribution in [2.75, 3.05) is 13.7 Å². The van der Waals surface area contributed by atoms with Crippen molar-refractivity contribution in [3.05, 3.63) is 69.2 Å². The van der Waals surface area contributed by atoms with Crippen molar-refractivity contribution in [1.29, 1.82) is 5.26 Å². The number of carbonyl (C=O) groups excluding carboxylic acids is 2. The molecule has 0 aliphatic carbocycles. The van der Waals surface area contributed by atoms with Crippen molar-refractivity contribution in [2.45, 2.75) is 0 Å². The summed E-state index contributed by atoms with van der Waals surface area (Å²) >= 11 is 11.8. The lowest BCUT2D eigenvalue weighted by Gasteiger charge is -2.09. The monoisotopic (exact) mass is 388 g/mol. The van der Waals surface area contributed by atoms with Gasteiger partial charge in [0.25, 0.3) is 5.91 Å². The molecule has 0 aromatic heterocycles. The number of allylic oxidation sites excluding steroid dienone is 1. The lowest BCUT2D eigenvalue weighted by molar-refractivity contribution is -0.122. The van der Waals surface area contributed by atoms with E-state index >= 15 is 0 Å². The zero-order chi connectivity index (χ0) is 19.1. The number of ketones is 1. The van der Waals surface area contributed by atoms with E-state index in [1.54, 1.807) is 24.3 Å². The maximum absolute atomic E-state index is 12.6. The van der Waals surface area contributed by atoms with E-state index in [2.05, 4.69) is 5.32 Å². The highest BCUT2D eigenvalue weighted by Gasteiger charge is 2.15. The number of amides is 1. The number of nitriles is 1. The number of hydrogen-bond acceptors (Lipinski definition) is 4. The van der Waals surface area contributed by atoms with Crippen LogP contribution in [-0.2, 0) is 4.79 Å². The standard InChI is InChI=1S/C19H14Cl2N2O3/c1-23-18(24)11-26-17-5-3-2-4-12(17)6-14(10-22)19(25)13-7-15(20)9-16(21)8-13/h2-9H,11H2,1H3,(H,23,24)/b14-6+. The summed E-state index contributed by atoms with van der Waals surface area (Å²) < 4.78 is 5.44. The zero-order valence-electron chi connectivity index (χ0n) is 13.8. The van der Waals surface area contributed by atoms with Gasteiger partial charge in [0, 0.05) is 28.2 Å². The van der Waals surface area contributed by atoms with Crippen LogP contribution in [0.25, 0.3) is 6.08 Å². The maximum Gasteiger partial charge on any atom is 0.257 e. The topological polar surface area (TPSA) is 79.2 Å². The second kappa shape index (κ2) is 9.04. The third kappa shape index (κ3) is 5.09. The lowest BCUT2D eigenvalue weighted by Crippen LogP contribution is -2.25. The zero-order valence-corrected chi connectivity index (χ0v) is 15.3. The lowest BCUT2D eigenvalue weighted by atomic mass is 10.0. The third-order valence-corrected chi connectivity index (χ3v) is 3.78. The molecule has 26 heavy (non-hydrogen) atoms. The number of ether oxygens (including phenoxy) is 1. The summed E-state index contributed by atoms with van der Waals surface area (Å²) in [6.45, 7) is -0.179. The summed E-state index contributed by atoms with van der Waals surface area (Å²) in [7, 11) is 1.50. The van der Waals surface area contributed by atoms with Crippen molar-refractivity contribution in [3.63, 3.8) is 0 Å². The second-order valence-corrected chi connectivity index (χ2v) is 6.03. The minimum atomic E-state index is -0.516. The fraction of sp³-hybridized carbons (Fsp3) is 0.105. The van der Waals surface area contributed by atoms with Gasteiger partial charge >= 0.3 is 0 Å². The highest BCUT2D eigenvalue weighted by atomic mass is 35.5. The predicted molar refractivity (Wildman–Crippen MR) is 100 cm³/mol. The molecule has 0 aliphatic rings. The number of likely N-dealkylation sites (N-methyl/N-ethyl adjacent to an activating group) is 1. The Morgan fingerprint density at radius 3 is 2.46 bits per heavy atom. The van der Waals surface area contributed by atoms with Crippen molar-refractivity contribution in [1.82, 2.24) is 5.32 Å². The Morgan fingerprint density at radius 1 is 1.19 bits per heavy atom. The first-order valence-electron chi connectivity index (χ1n) is 7.49. The molecule has 2 rings (SSSR count). The van der Waals surface area contributed by atoms with Gasteiger partial charge in [0.15, 0.2) is 6.61 Å². The molecule has 0 bridgehead atoms. The third-order valence-electron chi connectivity index (χ3n) is 3.35. The smallest absolute Gasteiger partial charge is 0.257 e. The van der Waals surface area contributed by atoms with Crippen LogP contribution in [0.3, 0.4) is 0 Å². The van der Waals surface area contributed by atoms with Gasteiger partial charge < -0.3 is 10.1 Å². The average Bonchev–Trinajstić information content (AvgIpc) is 2.63. The molecular formula is C19H14Cl2N2O3. The molecule has 7 heteroatoms. The molecule has 0 fully saturated rings. The fourth-order valence-corrected chi connectivity index (χ4v) is 2.62. The molecule has 0 saturated carbocycles. The van der Waals surface area contributed by atoms with Crippen LogP contribution >= 0.6 is 23.2 Å². The Balaban J connectivity index is 2.35. The number of halogens is 2. The quantitative estimate of drug-likeness (QED) is 0.462. The number of hydrogen-bond donors (Lipinski definition) is 1. The van der Waals surface area contributed by atoms with E-state index < -0.39 is 5.78 Å². The largest absolute Gasteiger partial charge is 0.483 e. The minimum Gasteiger partial charge on any atom is -0.483 e. The number of rotatable bonds is 6. The van der Waals surface area contributed by atoms with Crippen LogP contribution in [0.4, 0.5) is 0 Å². The van der Waals surface area contributed by atoms with E-state index in [9.17, 15) is 14.9 Å². The van der Waals surface area contributed by atoms with Crippen molar-refractivity contribution < 1.29 is 14.3 Å². The molecule has 1 N–H and O–H groups in total. The molecule has 0 saturated heterocycles. The summed E-state index contributed by atoms with van der Waals surface area (Å²) in [4.78, 5) is 23.9. The van der Waals surface area contributed by atoms with E-state index in [0.717, 1.165) is 0 Å². The Labute approximate surface area is 160 Å². The summed E-state index contributed by atoms with van der Waals surface area (Å²) in [6, 6.07) is 13.0. The average molecular weight is 389 g/mol. The Morgan fingerprint density at radius 2 is 1.85 bits per heavy atom. The first-order chi connectivity index (χ1) is 12.4. The van der Waals surface area contributed by atoms with Crippen LogP contribution in [0.15, 0.2) is 48.0 Å². The number of nitrogens with one attached hydrogen (secondary N) is 1. The van der Waals surface area contributed by atoms with E-state index in [1.165, 1.54) is 31.3 Å². The summed E-state index contributed by atoms with van der Waals surface area (Å²) in [6.07, 6.45) is 1.40. The van der Waals surface area contributed by atoms with Gasteiger partial charge in [-0.25, -0.2) is 0 Å². The first kappa shape index (κ1) is 19.5. The molecule has 0 radical (unpaired) electrons. The molecule has 2 aromatic carbocycles. The van der Waals surface area contributed by atoms with Crippen LogP contribution in [-0.4, -0.2) is 25.3 Å². The predicted octanol–water partition coefficient (Wildman–Crippen LogP) is 3.91. The van der Waals surface area contributed by atoms with Crippen LogP contribution in [0.1, 0.15) is 15.9 Å². The number of para-hydroxylation sites is 1. The van der Waals surface area contributed by atoms with E-state index in [-0.39, 0.29) is 23.7 Å². The van der Waals surface area contributed by atoms with Gasteiger partial charge in [-0.3, -0.25) is 9.59 Å². The molecule has 132 valence electrons. The van der Waals surface area contributed by atoms with Crippen molar-refractivity contribution >= 4 is 41.0 Å². The molecule has 0 heterocycles. The first-order valence-corrected chi connectivity index (χ1v) is 8.25. The van der Waals surface area contributed by atoms with E-state index in [4.69, 9.17) is 27.9 Å². The van der Waals surface area contributed by atoms with Crippen LogP contribution in [0.5, 0.6) is 5.75 Å². The van der Waals surface area contributed by atoms with E-state index in [0.29, 0.717) is 21.4 Å². The molecule has 0 aliphatic heterocycles. The molecule has 1 amide bonds. The molecule has 0 unspecified atom stereocenters. The number of carbonyl (C=O) groups is 2. The van der Waals surface area contributed by atoms with Crippen LogP contribution in [0, 0.1) is 11.3 Å². The molecule has 5 nitrogen and oxygen atoms in total. The Bertz CT molecular complexity index is 897. The normalized spacial score (nSPS) is 10.8. The van der Waals surface area contributed by atoms with Gasteiger partial charge in [0.05, 0.1) is 0 Å². The van der Waals surface area contributed by atoms with Gasteiger partial charge in [-0.05, 0) is 30.3 Å². The SMILES string of the molecule is CNC(=O)COc1ccccc1/C=C(\C#N)C(=O)c1cc(Cl)cc(Cl)c1. The van der Waals surface area contributed by atoms with Gasteiger partial charge in [0.1, 0.15) is 17.4 Å². The van der Waals surface area contributed by atoms with Gasteiger partial charge in [-0.1, -0.05) is 41.4 Å². The molecular weight excluding hydrogens is 375 g/mol. The summed E-state index contributed by atoms with van der Waals surface area (Å²) in [5, 5.41) is 12.4. The van der Waals surface area contributed by atoms with Gasteiger partial charge in [0.2, 0.25) is 5.78 Å². The van der Waals surface area contributed by atoms with Gasteiger partial charge in [-0.2, -0.15) is 5.26 Å². The molecule has 0 spiro atoms. The highest BCUT2D eigenvalue weighted by molar-refractivity contribution is 6.35. The number of benzene rings is 2. The number of Topliss-reactive ketones (excluding diaryl/α,β-unsaturated/α-hetero) is 1. The highest BCUT2D eigenvalue weighted by Crippen LogP contribution is 2.24. The molecule has 0 atom stereocenters. The number of nitrogens with zero attached hydrogens (tertiary/aromatic N) is 1. The molecule has 2 aromatic rings. The Kier molecular flexibility index (Phi) is 6.79. The summed E-state index contributed by atoms with van der Waals surface area (Å²) in [5.41, 5.74) is 0.591. The Hall–Kier alpha value is -2.81. The van der Waals surface area contributed by atoms with Crippen LogP contribution < -0.4 is 10.1 Å². The van der Waals surface area contributed by atoms with Crippen molar-refractivity contribution in [2.24, 2.45) is 0 Å². The minimum absolute atomic E-state index is 0.112. The summed E-state index contributed by atoms with van der Waals surface area (Å²) in [5.74, 6) is -0.437.